The molecule has 1 atom stereocenters. The molecule has 0 aliphatic carbocycles. The third kappa shape index (κ3) is 6.35. The van der Waals surface area contributed by atoms with Gasteiger partial charge in [-0.2, -0.15) is 18.3 Å². The first kappa shape index (κ1) is 30.1. The maximum absolute atomic E-state index is 14.0. The van der Waals surface area contributed by atoms with Gasteiger partial charge in [-0.3, -0.25) is 19.6 Å². The van der Waals surface area contributed by atoms with Crippen LogP contribution < -0.4 is 5.32 Å². The highest BCUT2D eigenvalue weighted by Crippen LogP contribution is 2.43. The van der Waals surface area contributed by atoms with Gasteiger partial charge >= 0.3 is 12.1 Å². The number of fused-ring (bicyclic) bond motifs is 1. The summed E-state index contributed by atoms with van der Waals surface area (Å²) in [7, 11) is 0. The summed E-state index contributed by atoms with van der Waals surface area (Å²) in [5.74, 6) is -1.33. The van der Waals surface area contributed by atoms with Crippen molar-refractivity contribution in [1.82, 2.24) is 20.4 Å². The van der Waals surface area contributed by atoms with Gasteiger partial charge in [-0.05, 0) is 104 Å². The minimum Gasteiger partial charge on any atom is -0.464 e. The van der Waals surface area contributed by atoms with E-state index in [1.54, 1.807) is 31.3 Å². The van der Waals surface area contributed by atoms with E-state index in [-0.39, 0.29) is 46.4 Å². The number of thioether (sulfide) groups is 1. The average molecular weight is 621 g/mol. The number of carbonyl (C=O) groups excluding carboxylic acids is 3. The first-order valence-electron chi connectivity index (χ1n) is 13.5. The molecule has 0 saturated carbocycles. The number of benzene rings is 2. The van der Waals surface area contributed by atoms with Crippen molar-refractivity contribution in [2.24, 2.45) is 5.92 Å². The lowest BCUT2D eigenvalue weighted by Gasteiger charge is -2.29. The third-order valence-electron chi connectivity index (χ3n) is 7.49. The second kappa shape index (κ2) is 12.5. The van der Waals surface area contributed by atoms with Gasteiger partial charge in [0.15, 0.2) is 0 Å². The molecule has 0 radical (unpaired) electrons. The minimum absolute atomic E-state index is 0.0365. The highest BCUT2D eigenvalue weighted by molar-refractivity contribution is 8.18. The molecule has 2 saturated heterocycles. The van der Waals surface area contributed by atoms with Crippen LogP contribution in [0.3, 0.4) is 0 Å². The lowest BCUT2D eigenvalue weighted by Crippen LogP contribution is -2.46. The number of nitrogens with one attached hydrogen (secondary N) is 2. The number of allylic oxidation sites excluding steroid dienone is 1. The van der Waals surface area contributed by atoms with Gasteiger partial charge in [-0.25, -0.2) is 4.79 Å². The van der Waals surface area contributed by atoms with E-state index in [9.17, 15) is 27.6 Å². The molecule has 1 aromatic heterocycles. The second-order valence-electron chi connectivity index (χ2n) is 10.2. The third-order valence-corrected chi connectivity index (χ3v) is 8.72. The monoisotopic (exact) mass is 620 g/mol. The summed E-state index contributed by atoms with van der Waals surface area (Å²) in [6, 6.07) is 7.38. The number of aromatic amines is 1. The molecule has 2 fully saturated rings. The summed E-state index contributed by atoms with van der Waals surface area (Å²) in [4.78, 5) is 41.4. The SMILES string of the molecule is CCOC(=O)C(CC1CCNCC1)N1C(=O)S/C(=C(/Cc2ccc(Cl)cc2C(F)(F)F)c2ccc3[nH]ncc3c2)C1=O. The first-order valence-corrected chi connectivity index (χ1v) is 14.7. The van der Waals surface area contributed by atoms with Crippen LogP contribution in [-0.4, -0.2) is 58.0 Å². The molecule has 42 heavy (non-hydrogen) atoms. The molecular weight excluding hydrogens is 593 g/mol. The summed E-state index contributed by atoms with van der Waals surface area (Å²) in [6.45, 7) is 3.22. The van der Waals surface area contributed by atoms with Crippen molar-refractivity contribution in [2.75, 3.05) is 19.7 Å². The molecule has 2 aromatic carbocycles. The molecule has 13 heteroatoms. The number of H-pyrrole nitrogens is 1. The van der Waals surface area contributed by atoms with Gasteiger partial charge in [0.25, 0.3) is 11.1 Å². The molecular formula is C29H28ClF3N4O4S. The van der Waals surface area contributed by atoms with Crippen LogP contribution in [0, 0.1) is 5.92 Å². The number of hydrogen-bond donors (Lipinski definition) is 2. The molecule has 0 bridgehead atoms. The number of hydrogen-bond acceptors (Lipinski definition) is 7. The normalized spacial score (nSPS) is 18.5. The fraction of sp³-hybridized carbons (Fsp3) is 0.379. The zero-order valence-electron chi connectivity index (χ0n) is 22.6. The Bertz CT molecular complexity index is 1550. The molecule has 2 amide bonds. The number of rotatable bonds is 8. The quantitative estimate of drug-likeness (QED) is 0.228. The number of ether oxygens (including phenoxy) is 1. The van der Waals surface area contributed by atoms with Crippen LogP contribution in [0.5, 0.6) is 0 Å². The summed E-state index contributed by atoms with van der Waals surface area (Å²) >= 11 is 6.53. The predicted molar refractivity (Wildman–Crippen MR) is 154 cm³/mol. The van der Waals surface area contributed by atoms with Crippen molar-refractivity contribution in [3.8, 4) is 0 Å². The molecule has 5 rings (SSSR count). The zero-order chi connectivity index (χ0) is 30.0. The molecule has 2 aliphatic rings. The number of halogens is 4. The van der Waals surface area contributed by atoms with E-state index >= 15 is 0 Å². The Labute approximate surface area is 249 Å². The lowest BCUT2D eigenvalue weighted by atomic mass is 9.90. The van der Waals surface area contributed by atoms with Crippen LogP contribution in [0.25, 0.3) is 16.5 Å². The zero-order valence-corrected chi connectivity index (χ0v) is 24.2. The Hall–Kier alpha value is -3.35. The average Bonchev–Trinajstić information content (AvgIpc) is 3.54. The summed E-state index contributed by atoms with van der Waals surface area (Å²) in [5.41, 5.74) is 0.312. The minimum atomic E-state index is -4.71. The van der Waals surface area contributed by atoms with Crippen molar-refractivity contribution in [2.45, 2.75) is 44.8 Å². The van der Waals surface area contributed by atoms with Gasteiger partial charge in [0.05, 0.1) is 28.8 Å². The van der Waals surface area contributed by atoms with E-state index in [0.29, 0.717) is 28.2 Å². The van der Waals surface area contributed by atoms with Crippen LogP contribution in [-0.2, 0) is 26.9 Å². The van der Waals surface area contributed by atoms with Crippen molar-refractivity contribution in [1.29, 1.82) is 0 Å². The van der Waals surface area contributed by atoms with Gasteiger partial charge in [-0.15, -0.1) is 0 Å². The lowest BCUT2D eigenvalue weighted by molar-refractivity contribution is -0.152. The maximum atomic E-state index is 14.0. The Kier molecular flexibility index (Phi) is 8.95. The molecule has 2 aliphatic heterocycles. The van der Waals surface area contributed by atoms with Crippen molar-refractivity contribution in [3.05, 3.63) is 69.2 Å². The summed E-state index contributed by atoms with van der Waals surface area (Å²) in [5, 5.41) is 9.99. The molecule has 8 nitrogen and oxygen atoms in total. The van der Waals surface area contributed by atoms with E-state index in [1.807, 2.05) is 0 Å². The summed E-state index contributed by atoms with van der Waals surface area (Å²) in [6.07, 6.45) is -1.67. The number of imide groups is 1. The molecule has 0 spiro atoms. The van der Waals surface area contributed by atoms with E-state index < -0.39 is 34.9 Å². The van der Waals surface area contributed by atoms with E-state index in [4.69, 9.17) is 16.3 Å². The van der Waals surface area contributed by atoms with Crippen LogP contribution in [0.15, 0.2) is 47.5 Å². The first-order chi connectivity index (χ1) is 20.1. The standard InChI is InChI=1S/C29H28ClF3N4O4S/c1-2-41-27(39)24(11-16-7-9-34-10-8-16)37-26(38)25(42-28(37)40)21(17-4-6-23-19(12-17)15-35-36-23)13-18-3-5-20(30)14-22(18)29(31,32)33/h3-6,12,14-16,24,34H,2,7-11,13H2,1H3,(H,35,36)/b25-21-. The largest absolute Gasteiger partial charge is 0.464 e. The summed E-state index contributed by atoms with van der Waals surface area (Å²) < 4.78 is 47.4. The number of alkyl halides is 3. The second-order valence-corrected chi connectivity index (χ2v) is 11.6. The Morgan fingerprint density at radius 3 is 2.67 bits per heavy atom. The molecule has 2 N–H and O–H groups in total. The number of amides is 2. The highest BCUT2D eigenvalue weighted by atomic mass is 35.5. The molecule has 222 valence electrons. The number of aromatic nitrogens is 2. The number of carbonyl (C=O) groups is 3. The number of nitrogens with zero attached hydrogens (tertiary/aromatic N) is 2. The van der Waals surface area contributed by atoms with Crippen LogP contribution in [0.4, 0.5) is 18.0 Å². The van der Waals surface area contributed by atoms with E-state index in [0.717, 1.165) is 36.9 Å². The Morgan fingerprint density at radius 2 is 1.95 bits per heavy atom. The van der Waals surface area contributed by atoms with Crippen LogP contribution in [0.1, 0.15) is 42.9 Å². The van der Waals surface area contributed by atoms with Gasteiger partial charge in [0.2, 0.25) is 0 Å². The van der Waals surface area contributed by atoms with Crippen molar-refractivity contribution < 1.29 is 32.3 Å². The molecule has 3 heterocycles. The van der Waals surface area contributed by atoms with Crippen LogP contribution in [0.2, 0.25) is 5.02 Å². The van der Waals surface area contributed by atoms with Crippen molar-refractivity contribution >= 4 is 57.0 Å². The van der Waals surface area contributed by atoms with Crippen LogP contribution >= 0.6 is 23.4 Å². The number of esters is 1. The van der Waals surface area contributed by atoms with E-state index in [2.05, 4.69) is 15.5 Å². The molecule has 1 unspecified atom stereocenters. The topological polar surface area (TPSA) is 104 Å². The van der Waals surface area contributed by atoms with Crippen molar-refractivity contribution in [3.63, 3.8) is 0 Å². The Morgan fingerprint density at radius 1 is 1.19 bits per heavy atom. The predicted octanol–water partition coefficient (Wildman–Crippen LogP) is 6.21. The van der Waals surface area contributed by atoms with Gasteiger partial charge in [0.1, 0.15) is 6.04 Å². The fourth-order valence-corrected chi connectivity index (χ4v) is 6.57. The van der Waals surface area contributed by atoms with E-state index in [1.165, 1.54) is 12.1 Å². The van der Waals surface area contributed by atoms with Gasteiger partial charge in [-0.1, -0.05) is 23.7 Å². The Balaban J connectivity index is 1.60. The highest BCUT2D eigenvalue weighted by Gasteiger charge is 2.46. The fourth-order valence-electron chi connectivity index (χ4n) is 5.41. The maximum Gasteiger partial charge on any atom is 0.416 e. The number of piperidine rings is 1. The van der Waals surface area contributed by atoms with Gasteiger partial charge < -0.3 is 10.1 Å². The van der Waals surface area contributed by atoms with Gasteiger partial charge in [0, 0.05) is 10.4 Å². The smallest absolute Gasteiger partial charge is 0.416 e. The molecule has 3 aromatic rings.